The van der Waals surface area contributed by atoms with Crippen LogP contribution in [0.25, 0.3) is 21.8 Å². The van der Waals surface area contributed by atoms with E-state index in [1.54, 1.807) is 0 Å². The highest BCUT2D eigenvalue weighted by atomic mass is 32.3. The lowest BCUT2D eigenvalue weighted by molar-refractivity contribution is -0.617. The summed E-state index contributed by atoms with van der Waals surface area (Å²) < 4.78 is 43.1. The quantitative estimate of drug-likeness (QED) is 0.0634. The van der Waals surface area contributed by atoms with Crippen LogP contribution in [-0.2, 0) is 36.8 Å². The van der Waals surface area contributed by atoms with Gasteiger partial charge in [-0.25, -0.2) is 13.2 Å². The molecule has 0 bridgehead atoms. The summed E-state index contributed by atoms with van der Waals surface area (Å²) in [5.41, 5.74) is 2.56. The zero-order valence-electron chi connectivity index (χ0n) is 21.9. The van der Waals surface area contributed by atoms with Gasteiger partial charge in [-0.05, 0) is 29.8 Å². The van der Waals surface area contributed by atoms with Crippen molar-refractivity contribution in [1.82, 2.24) is 5.06 Å². The van der Waals surface area contributed by atoms with Gasteiger partial charge in [0.25, 0.3) is 22.3 Å². The zero-order chi connectivity index (χ0) is 30.6. The molecule has 1 atom stereocenters. The van der Waals surface area contributed by atoms with Crippen molar-refractivity contribution in [2.24, 2.45) is 7.05 Å². The molecule has 0 saturated carbocycles. The Labute approximate surface area is 238 Å². The Morgan fingerprint density at radius 3 is 1.90 bits per heavy atom. The average molecular weight is 599 g/mol. The second-order valence-corrected chi connectivity index (χ2v) is 9.87. The van der Waals surface area contributed by atoms with Crippen LogP contribution in [0.1, 0.15) is 34.7 Å². The van der Waals surface area contributed by atoms with Gasteiger partial charge in [0.05, 0.1) is 22.9 Å². The predicted molar refractivity (Wildman–Crippen MR) is 142 cm³/mol. The third-order valence-corrected chi connectivity index (χ3v) is 6.44. The molecule has 1 saturated heterocycles. The molecule has 3 aromatic carbocycles. The lowest BCUT2D eigenvalue weighted by atomic mass is 10.00. The van der Waals surface area contributed by atoms with E-state index >= 15 is 0 Å². The number of aliphatic carboxylic acids is 1. The van der Waals surface area contributed by atoms with Crippen molar-refractivity contribution in [3.8, 4) is 5.75 Å². The SMILES string of the molecule is C[n+]1c2ccccc2c(C(=O)Oc2ccc(C(CON3C(=O)CCC3=O)C(=O)O)cc2)c2ccccc21.O=S(=O)([O-])F. The van der Waals surface area contributed by atoms with E-state index in [0.717, 1.165) is 21.8 Å². The number of imide groups is 1. The molecule has 0 radical (unpaired) electrons. The van der Waals surface area contributed by atoms with Gasteiger partial charge in [-0.15, -0.1) is 3.89 Å². The van der Waals surface area contributed by atoms with Crippen LogP contribution < -0.4 is 9.30 Å². The van der Waals surface area contributed by atoms with Crippen molar-refractivity contribution in [1.29, 1.82) is 0 Å². The number of amides is 2. The Morgan fingerprint density at radius 2 is 1.43 bits per heavy atom. The molecule has 218 valence electrons. The van der Waals surface area contributed by atoms with Crippen molar-refractivity contribution >= 4 is 56.1 Å². The number of hydrogen-bond donors (Lipinski definition) is 1. The number of carboxylic acid groups (broad SMARTS) is 1. The molecule has 1 unspecified atom stereocenters. The van der Waals surface area contributed by atoms with E-state index in [2.05, 4.69) is 0 Å². The van der Waals surface area contributed by atoms with E-state index in [4.69, 9.17) is 22.5 Å². The first-order valence-corrected chi connectivity index (χ1v) is 13.6. The molecule has 42 heavy (non-hydrogen) atoms. The molecule has 0 aliphatic carbocycles. The first-order chi connectivity index (χ1) is 19.8. The number of carbonyl (C=O) groups is 4. The van der Waals surface area contributed by atoms with E-state index in [1.165, 1.54) is 24.3 Å². The summed E-state index contributed by atoms with van der Waals surface area (Å²) in [6.07, 6.45) is 0.0851. The van der Waals surface area contributed by atoms with Crippen LogP contribution in [0, 0.1) is 0 Å². The van der Waals surface area contributed by atoms with Gasteiger partial charge < -0.3 is 14.4 Å². The number of hydroxylamine groups is 2. The summed E-state index contributed by atoms with van der Waals surface area (Å²) in [7, 11) is -3.48. The molecule has 4 aromatic rings. The topological polar surface area (TPSA) is 171 Å². The number of carbonyl (C=O) groups excluding carboxylic acids is 3. The normalized spacial score (nSPS) is 14.0. The number of aromatic nitrogens is 1. The molecule has 2 amide bonds. The van der Waals surface area contributed by atoms with E-state index in [0.29, 0.717) is 16.2 Å². The highest BCUT2D eigenvalue weighted by Crippen LogP contribution is 2.27. The Kier molecular flexibility index (Phi) is 8.90. The number of halogens is 1. The average Bonchev–Trinajstić information content (AvgIpc) is 3.25. The number of nitrogens with zero attached hydrogens (tertiary/aromatic N) is 2. The Morgan fingerprint density at radius 1 is 0.952 bits per heavy atom. The Balaban J connectivity index is 0.000000748. The third-order valence-electron chi connectivity index (χ3n) is 6.44. The monoisotopic (exact) mass is 598 g/mol. The maximum atomic E-state index is 13.4. The van der Waals surface area contributed by atoms with Gasteiger partial charge in [-0.3, -0.25) is 19.2 Å². The van der Waals surface area contributed by atoms with Crippen molar-refractivity contribution in [2.45, 2.75) is 18.8 Å². The molecule has 2 heterocycles. The molecule has 12 nitrogen and oxygen atoms in total. The van der Waals surface area contributed by atoms with Crippen molar-refractivity contribution in [3.63, 3.8) is 0 Å². The lowest BCUT2D eigenvalue weighted by Gasteiger charge is -2.18. The van der Waals surface area contributed by atoms with E-state index in [9.17, 15) is 28.2 Å². The van der Waals surface area contributed by atoms with Gasteiger partial charge >= 0.3 is 11.9 Å². The van der Waals surface area contributed by atoms with Crippen LogP contribution in [0.5, 0.6) is 5.75 Å². The van der Waals surface area contributed by atoms with Gasteiger partial charge in [-0.2, -0.15) is 9.63 Å². The molecule has 1 aliphatic rings. The molecule has 0 spiro atoms. The number of carboxylic acids is 1. The summed E-state index contributed by atoms with van der Waals surface area (Å²) in [6.45, 7) is -0.398. The molecule has 14 heteroatoms. The van der Waals surface area contributed by atoms with Crippen LogP contribution in [0.2, 0.25) is 0 Å². The van der Waals surface area contributed by atoms with Gasteiger partial charge in [0.15, 0.2) is 0 Å². The Bertz CT molecular complexity index is 1730. The molecular weight excluding hydrogens is 575 g/mol. The zero-order valence-corrected chi connectivity index (χ0v) is 22.7. The molecule has 5 rings (SSSR count). The number of ether oxygens (including phenoxy) is 1. The summed E-state index contributed by atoms with van der Waals surface area (Å²) in [4.78, 5) is 53.9. The number of para-hydroxylation sites is 2. The van der Waals surface area contributed by atoms with E-state index < -0.39 is 46.8 Å². The molecule has 1 N–H and O–H groups in total. The maximum absolute atomic E-state index is 13.4. The van der Waals surface area contributed by atoms with Crippen LogP contribution in [-0.4, -0.2) is 53.5 Å². The lowest BCUT2D eigenvalue weighted by Crippen LogP contribution is -2.32. The number of aryl methyl sites for hydroxylation is 1. The van der Waals surface area contributed by atoms with Crippen molar-refractivity contribution < 1.29 is 55.3 Å². The summed E-state index contributed by atoms with van der Waals surface area (Å²) >= 11 is 0. The number of benzene rings is 3. The highest BCUT2D eigenvalue weighted by molar-refractivity contribution is 7.80. The highest BCUT2D eigenvalue weighted by Gasteiger charge is 2.32. The molecular formula is C28H23FN2O10S. The van der Waals surface area contributed by atoms with E-state index in [-0.39, 0.29) is 18.6 Å². The van der Waals surface area contributed by atoms with Crippen LogP contribution in [0.4, 0.5) is 3.89 Å². The first-order valence-electron chi connectivity index (χ1n) is 12.3. The van der Waals surface area contributed by atoms with Gasteiger partial charge in [0.1, 0.15) is 18.7 Å². The predicted octanol–water partition coefficient (Wildman–Crippen LogP) is 2.70. The van der Waals surface area contributed by atoms with Crippen molar-refractivity contribution in [3.05, 3.63) is 83.9 Å². The summed E-state index contributed by atoms with van der Waals surface area (Å²) in [5.74, 6) is -3.60. The second-order valence-electron chi connectivity index (χ2n) is 9.09. The summed E-state index contributed by atoms with van der Waals surface area (Å²) in [6, 6.07) is 21.2. The third kappa shape index (κ3) is 6.91. The maximum Gasteiger partial charge on any atom is 0.345 e. The standard InChI is InChI=1S/C28H22N2O7.FHO3S/c1-29-22-8-4-2-6-19(22)26(20-7-3-5-9-23(20)29)28(35)37-18-12-10-17(11-13-18)21(27(33)34)16-36-30-24(31)14-15-25(30)32;1-5(2,3)4/h2-13,21H,14-16H2,1H3;(H,2,3,4). The fourth-order valence-corrected chi connectivity index (χ4v) is 4.54. The fraction of sp³-hybridized carbons (Fsp3) is 0.179. The largest absolute Gasteiger partial charge is 0.722 e. The second kappa shape index (κ2) is 12.4. The molecule has 1 fully saturated rings. The number of hydrogen-bond acceptors (Lipinski definition) is 9. The minimum Gasteiger partial charge on any atom is -0.722 e. The van der Waals surface area contributed by atoms with Crippen LogP contribution in [0.15, 0.2) is 72.8 Å². The number of fused-ring (bicyclic) bond motifs is 2. The van der Waals surface area contributed by atoms with Crippen molar-refractivity contribution in [2.75, 3.05) is 6.61 Å². The Hall–Kier alpha value is -4.79. The first kappa shape index (κ1) is 30.2. The van der Waals surface area contributed by atoms with Gasteiger partial charge in [-0.1, -0.05) is 36.4 Å². The minimum atomic E-state index is -5.42. The van der Waals surface area contributed by atoms with Gasteiger partial charge in [0, 0.05) is 25.0 Å². The van der Waals surface area contributed by atoms with Crippen LogP contribution in [0.3, 0.4) is 0 Å². The molecule has 1 aliphatic heterocycles. The van der Waals surface area contributed by atoms with Gasteiger partial charge in [0.2, 0.25) is 11.0 Å². The number of pyridine rings is 1. The van der Waals surface area contributed by atoms with Crippen LogP contribution >= 0.6 is 0 Å². The molecule has 1 aromatic heterocycles. The number of esters is 1. The fourth-order valence-electron chi connectivity index (χ4n) is 4.54. The number of rotatable bonds is 7. The smallest absolute Gasteiger partial charge is 0.345 e. The summed E-state index contributed by atoms with van der Waals surface area (Å²) in [5, 5.41) is 11.8. The minimum absolute atomic E-state index is 0.0425. The van der Waals surface area contributed by atoms with E-state index in [1.807, 2.05) is 60.1 Å².